The number of carbonyl (C=O) groups is 2. The molecule has 1 amide bonds. The van der Waals surface area contributed by atoms with Gasteiger partial charge in [0.1, 0.15) is 0 Å². The smallest absolute Gasteiger partial charge is 0.313 e. The first-order chi connectivity index (χ1) is 12.5. The van der Waals surface area contributed by atoms with Crippen LogP contribution in [-0.2, 0) is 20.9 Å². The van der Waals surface area contributed by atoms with Crippen molar-refractivity contribution in [1.29, 1.82) is 0 Å². The highest BCUT2D eigenvalue weighted by Gasteiger charge is 2.53. The Bertz CT molecular complexity index is 682. The highest BCUT2D eigenvalue weighted by Crippen LogP contribution is 2.46. The monoisotopic (exact) mass is 355 g/mol. The number of nitrogens with zero attached hydrogens (tertiary/aromatic N) is 1. The lowest BCUT2D eigenvalue weighted by Gasteiger charge is -2.34. The second-order valence-electron chi connectivity index (χ2n) is 7.81. The lowest BCUT2D eigenvalue weighted by Crippen LogP contribution is -2.38. The predicted molar refractivity (Wildman–Crippen MR) is 101 cm³/mol. The Morgan fingerprint density at radius 2 is 1.88 bits per heavy atom. The van der Waals surface area contributed by atoms with Crippen molar-refractivity contribution in [2.75, 3.05) is 6.61 Å². The summed E-state index contributed by atoms with van der Waals surface area (Å²) in [5.41, 5.74) is 1.14. The molecule has 5 atom stereocenters. The van der Waals surface area contributed by atoms with Crippen LogP contribution in [0, 0.1) is 29.6 Å². The molecule has 0 N–H and O–H groups in total. The van der Waals surface area contributed by atoms with Gasteiger partial charge in [0.15, 0.2) is 0 Å². The second-order valence-corrected chi connectivity index (χ2v) is 7.81. The summed E-state index contributed by atoms with van der Waals surface area (Å²) in [5, 5.41) is 0. The number of carbonyl (C=O) groups excluding carboxylic acids is 2. The molecule has 0 radical (unpaired) electrons. The summed E-state index contributed by atoms with van der Waals surface area (Å²) in [5.74, 6) is -0.0527. The normalized spacial score (nSPS) is 30.6. The van der Waals surface area contributed by atoms with Gasteiger partial charge in [0.2, 0.25) is 5.91 Å². The number of rotatable bonds is 5. The predicted octanol–water partition coefficient (Wildman–Crippen LogP) is 3.67. The second kappa shape index (κ2) is 7.65. The highest BCUT2D eigenvalue weighted by molar-refractivity contribution is 5.85. The SMILES string of the molecule is CCOC(=O)[C@H]1C=C[C@@H]2[C@@H](C(=O)N(Cc3ccccc3)[C@H]2C(C)C)[C@@H]1C. The number of likely N-dealkylation sites (tertiary alicyclic amines) is 1. The Morgan fingerprint density at radius 1 is 1.19 bits per heavy atom. The maximum atomic E-state index is 13.3. The van der Waals surface area contributed by atoms with Crippen LogP contribution in [0.4, 0.5) is 0 Å². The van der Waals surface area contributed by atoms with E-state index in [1.165, 1.54) is 0 Å². The van der Waals surface area contributed by atoms with Crippen LogP contribution in [-0.4, -0.2) is 29.4 Å². The van der Waals surface area contributed by atoms with Crippen LogP contribution in [0.3, 0.4) is 0 Å². The van der Waals surface area contributed by atoms with Crippen LogP contribution < -0.4 is 0 Å². The zero-order valence-corrected chi connectivity index (χ0v) is 16.1. The minimum absolute atomic E-state index is 0.0430. The van der Waals surface area contributed by atoms with Crippen molar-refractivity contribution >= 4 is 11.9 Å². The average Bonchev–Trinajstić information content (AvgIpc) is 2.89. The Labute approximate surface area is 156 Å². The van der Waals surface area contributed by atoms with Gasteiger partial charge in [0.05, 0.1) is 18.4 Å². The van der Waals surface area contributed by atoms with Gasteiger partial charge in [-0.25, -0.2) is 0 Å². The minimum Gasteiger partial charge on any atom is -0.466 e. The molecular formula is C22H29NO3. The molecule has 0 aromatic heterocycles. The molecule has 1 saturated heterocycles. The summed E-state index contributed by atoms with van der Waals surface area (Å²) in [6.07, 6.45) is 4.07. The van der Waals surface area contributed by atoms with Crippen molar-refractivity contribution in [3.05, 3.63) is 48.0 Å². The summed E-state index contributed by atoms with van der Waals surface area (Å²) in [6, 6.07) is 10.3. The van der Waals surface area contributed by atoms with Crippen LogP contribution in [0.2, 0.25) is 0 Å². The van der Waals surface area contributed by atoms with E-state index in [-0.39, 0.29) is 41.6 Å². The van der Waals surface area contributed by atoms with Gasteiger partial charge < -0.3 is 9.64 Å². The molecule has 3 rings (SSSR count). The number of esters is 1. The van der Waals surface area contributed by atoms with Crippen LogP contribution >= 0.6 is 0 Å². The van der Waals surface area contributed by atoms with E-state index >= 15 is 0 Å². The molecule has 1 aliphatic carbocycles. The molecule has 1 heterocycles. The fourth-order valence-corrected chi connectivity index (χ4v) is 4.68. The van der Waals surface area contributed by atoms with E-state index < -0.39 is 0 Å². The van der Waals surface area contributed by atoms with Gasteiger partial charge >= 0.3 is 5.97 Å². The fraction of sp³-hybridized carbons (Fsp3) is 0.545. The Hall–Kier alpha value is -2.10. The fourth-order valence-electron chi connectivity index (χ4n) is 4.68. The number of ether oxygens (including phenoxy) is 1. The largest absolute Gasteiger partial charge is 0.466 e. The molecule has 26 heavy (non-hydrogen) atoms. The third-order valence-corrected chi connectivity index (χ3v) is 5.85. The third-order valence-electron chi connectivity index (χ3n) is 5.85. The van der Waals surface area contributed by atoms with Crippen molar-refractivity contribution in [3.63, 3.8) is 0 Å². The van der Waals surface area contributed by atoms with E-state index in [2.05, 4.69) is 32.1 Å². The lowest BCUT2D eigenvalue weighted by atomic mass is 9.70. The number of benzene rings is 1. The summed E-state index contributed by atoms with van der Waals surface area (Å²) < 4.78 is 5.22. The topological polar surface area (TPSA) is 46.6 Å². The first kappa shape index (κ1) is 18.7. The van der Waals surface area contributed by atoms with Crippen molar-refractivity contribution in [2.45, 2.75) is 40.3 Å². The van der Waals surface area contributed by atoms with Gasteiger partial charge in [0.25, 0.3) is 0 Å². The molecule has 0 unspecified atom stereocenters. The van der Waals surface area contributed by atoms with Gasteiger partial charge in [-0.15, -0.1) is 0 Å². The van der Waals surface area contributed by atoms with Crippen molar-refractivity contribution < 1.29 is 14.3 Å². The molecule has 140 valence electrons. The first-order valence-electron chi connectivity index (χ1n) is 9.65. The van der Waals surface area contributed by atoms with Crippen LogP contribution in [0.1, 0.15) is 33.3 Å². The standard InChI is InChI=1S/C22H29NO3/c1-5-26-22(25)17-11-12-18-19(15(17)4)21(24)23(20(18)14(2)3)13-16-9-7-6-8-10-16/h6-12,14-15,17-20H,5,13H2,1-4H3/t15-,17+,18-,19+,20+/m1/s1. The van der Waals surface area contributed by atoms with Crippen molar-refractivity contribution in [2.24, 2.45) is 29.6 Å². The van der Waals surface area contributed by atoms with E-state index in [1.807, 2.05) is 43.0 Å². The third kappa shape index (κ3) is 3.29. The zero-order valence-electron chi connectivity index (χ0n) is 16.1. The van der Waals surface area contributed by atoms with Crippen LogP contribution in [0.15, 0.2) is 42.5 Å². The number of fused-ring (bicyclic) bond motifs is 1. The first-order valence-corrected chi connectivity index (χ1v) is 9.65. The number of hydrogen-bond acceptors (Lipinski definition) is 3. The van der Waals surface area contributed by atoms with Gasteiger partial charge in [0, 0.05) is 18.5 Å². The molecule has 4 heteroatoms. The van der Waals surface area contributed by atoms with E-state index in [0.717, 1.165) is 5.56 Å². The molecule has 1 aliphatic heterocycles. The van der Waals surface area contributed by atoms with Crippen LogP contribution in [0.5, 0.6) is 0 Å². The molecular weight excluding hydrogens is 326 g/mol. The summed E-state index contributed by atoms with van der Waals surface area (Å²) >= 11 is 0. The zero-order chi connectivity index (χ0) is 18.8. The average molecular weight is 355 g/mol. The lowest BCUT2D eigenvalue weighted by molar-refractivity contribution is -0.149. The van der Waals surface area contributed by atoms with Crippen molar-refractivity contribution in [3.8, 4) is 0 Å². The summed E-state index contributed by atoms with van der Waals surface area (Å²) in [7, 11) is 0. The minimum atomic E-state index is -0.329. The molecule has 1 fully saturated rings. The molecule has 0 bridgehead atoms. The van der Waals surface area contributed by atoms with Crippen LogP contribution in [0.25, 0.3) is 0 Å². The van der Waals surface area contributed by atoms with E-state index in [4.69, 9.17) is 4.74 Å². The Balaban J connectivity index is 1.89. The van der Waals surface area contributed by atoms with E-state index in [0.29, 0.717) is 19.1 Å². The van der Waals surface area contributed by atoms with Gasteiger partial charge in [-0.2, -0.15) is 0 Å². The number of hydrogen-bond donors (Lipinski definition) is 0. The molecule has 2 aliphatic rings. The maximum absolute atomic E-state index is 13.3. The Kier molecular flexibility index (Phi) is 5.49. The molecule has 4 nitrogen and oxygen atoms in total. The summed E-state index contributed by atoms with van der Waals surface area (Å²) in [4.78, 5) is 27.7. The van der Waals surface area contributed by atoms with Gasteiger partial charge in [-0.3, -0.25) is 9.59 Å². The molecule has 0 saturated carbocycles. The Morgan fingerprint density at radius 3 is 2.50 bits per heavy atom. The molecule has 0 spiro atoms. The van der Waals surface area contributed by atoms with E-state index in [9.17, 15) is 9.59 Å². The van der Waals surface area contributed by atoms with Crippen molar-refractivity contribution in [1.82, 2.24) is 4.90 Å². The van der Waals surface area contributed by atoms with Gasteiger partial charge in [-0.1, -0.05) is 63.3 Å². The summed E-state index contributed by atoms with van der Waals surface area (Å²) in [6.45, 7) is 9.18. The highest BCUT2D eigenvalue weighted by atomic mass is 16.5. The molecule has 1 aromatic rings. The maximum Gasteiger partial charge on any atom is 0.313 e. The van der Waals surface area contributed by atoms with Gasteiger partial charge in [-0.05, 0) is 24.3 Å². The quantitative estimate of drug-likeness (QED) is 0.598. The van der Waals surface area contributed by atoms with E-state index in [1.54, 1.807) is 0 Å². The molecule has 1 aromatic carbocycles. The number of amides is 1.